The molecule has 4 rings (SSSR count). The van der Waals surface area contributed by atoms with Gasteiger partial charge in [-0.25, -0.2) is 0 Å². The minimum absolute atomic E-state index is 0. The van der Waals surface area contributed by atoms with Crippen molar-refractivity contribution in [3.63, 3.8) is 0 Å². The molecule has 8 heteroatoms. The fraction of sp³-hybridized carbons (Fsp3) is 0.733. The molecule has 2 nitrogen and oxygen atoms in total. The van der Waals surface area contributed by atoms with E-state index >= 15 is 0 Å². The molecule has 2 heterocycles. The van der Waals surface area contributed by atoms with Gasteiger partial charge in [0.05, 0.1) is 0 Å². The summed E-state index contributed by atoms with van der Waals surface area (Å²) in [7, 11) is -6.00. The number of hydrogen-bond acceptors (Lipinski definition) is 2. The summed E-state index contributed by atoms with van der Waals surface area (Å²) in [4.78, 5) is 0. The van der Waals surface area contributed by atoms with E-state index in [2.05, 4.69) is 24.3 Å². The zero-order chi connectivity index (χ0) is 16.3. The Kier molecular flexibility index (Phi) is 13.0. The van der Waals surface area contributed by atoms with E-state index in [0.717, 1.165) is 38.3 Å². The average molecular weight is 426 g/mol. The SMILES string of the molecule is C1=CC2C=CC1C2.C1CCOC1.C1CCOC1.F[B-](F)(F)F.[Rh]. The molecule has 0 aromatic heterocycles. The van der Waals surface area contributed by atoms with Gasteiger partial charge in [-0.1, -0.05) is 24.3 Å². The fourth-order valence-electron chi connectivity index (χ4n) is 2.35. The molecule has 0 saturated carbocycles. The van der Waals surface area contributed by atoms with Crippen LogP contribution in [-0.2, 0) is 29.0 Å². The molecule has 0 aromatic rings. The van der Waals surface area contributed by atoms with Crippen LogP contribution in [0.4, 0.5) is 17.3 Å². The normalized spacial score (nSPS) is 26.3. The summed E-state index contributed by atoms with van der Waals surface area (Å²) < 4.78 is 48.9. The third-order valence-electron chi connectivity index (χ3n) is 3.41. The molecule has 1 radical (unpaired) electrons. The van der Waals surface area contributed by atoms with Crippen molar-refractivity contribution >= 4 is 7.25 Å². The summed E-state index contributed by atoms with van der Waals surface area (Å²) in [5.74, 6) is 1.62. The molecule has 0 aromatic carbocycles. The first-order valence-electron chi connectivity index (χ1n) is 7.84. The van der Waals surface area contributed by atoms with E-state index in [1.807, 2.05) is 0 Å². The maximum atomic E-state index is 9.75. The summed E-state index contributed by atoms with van der Waals surface area (Å²) in [5, 5.41) is 0. The number of hydrogen-bond donors (Lipinski definition) is 0. The summed E-state index contributed by atoms with van der Waals surface area (Å²) in [6.45, 7) is 4.00. The second-order valence-corrected chi connectivity index (χ2v) is 5.47. The van der Waals surface area contributed by atoms with Crippen LogP contribution in [0.5, 0.6) is 0 Å². The van der Waals surface area contributed by atoms with E-state index in [0.29, 0.717) is 0 Å². The van der Waals surface area contributed by atoms with Gasteiger partial charge in [-0.05, 0) is 43.9 Å². The van der Waals surface area contributed by atoms with Crippen LogP contribution < -0.4 is 0 Å². The van der Waals surface area contributed by atoms with Crippen LogP contribution in [0.2, 0.25) is 0 Å². The molecule has 4 aliphatic rings. The van der Waals surface area contributed by atoms with Crippen molar-refractivity contribution in [3.05, 3.63) is 24.3 Å². The number of fused-ring (bicyclic) bond motifs is 2. The summed E-state index contributed by atoms with van der Waals surface area (Å²) in [6, 6.07) is 0. The van der Waals surface area contributed by atoms with Gasteiger partial charge < -0.3 is 26.7 Å². The standard InChI is InChI=1S/C7H8.2C4H8O.BF4.Rh/c1-2-7-4-3-6(1)5-7;2*1-2-4-5-3-1;2-1(3,4)5;/h1-4,6-7H,5H2;2*1-4H2;;/q;;;-1;. The molecule has 137 valence electrons. The molecule has 0 N–H and O–H groups in total. The zero-order valence-corrected chi connectivity index (χ0v) is 14.7. The topological polar surface area (TPSA) is 18.5 Å². The van der Waals surface area contributed by atoms with Crippen LogP contribution in [0.25, 0.3) is 0 Å². The van der Waals surface area contributed by atoms with Gasteiger partial charge >= 0.3 is 7.25 Å². The molecule has 0 atom stereocenters. The van der Waals surface area contributed by atoms with E-state index in [1.165, 1.54) is 32.1 Å². The van der Waals surface area contributed by atoms with Crippen LogP contribution in [0.15, 0.2) is 24.3 Å². The minimum Gasteiger partial charge on any atom is -0.418 e. The zero-order valence-electron chi connectivity index (χ0n) is 13.1. The van der Waals surface area contributed by atoms with E-state index in [-0.39, 0.29) is 19.5 Å². The van der Waals surface area contributed by atoms with Gasteiger partial charge in [0, 0.05) is 45.9 Å². The van der Waals surface area contributed by atoms with Gasteiger partial charge in [-0.15, -0.1) is 0 Å². The first-order valence-corrected chi connectivity index (χ1v) is 7.84. The first-order chi connectivity index (χ1) is 10.4. The van der Waals surface area contributed by atoms with Crippen molar-refractivity contribution in [2.75, 3.05) is 26.4 Å². The summed E-state index contributed by atoms with van der Waals surface area (Å²) in [6.07, 6.45) is 15.7. The number of rotatable bonds is 0. The Hall–Kier alpha value is -0.192. The van der Waals surface area contributed by atoms with Crippen LogP contribution in [0.3, 0.4) is 0 Å². The fourth-order valence-corrected chi connectivity index (χ4v) is 2.35. The molecular weight excluding hydrogens is 402 g/mol. The minimum atomic E-state index is -6.00. The second kappa shape index (κ2) is 13.1. The number of allylic oxidation sites excluding steroid dienone is 4. The largest absolute Gasteiger partial charge is 0.673 e. The van der Waals surface area contributed by atoms with Crippen molar-refractivity contribution in [2.24, 2.45) is 11.8 Å². The van der Waals surface area contributed by atoms with Gasteiger partial charge in [0.2, 0.25) is 0 Å². The summed E-state index contributed by atoms with van der Waals surface area (Å²) >= 11 is 0. The first kappa shape index (κ1) is 22.8. The van der Waals surface area contributed by atoms with Crippen molar-refractivity contribution in [1.82, 2.24) is 0 Å². The van der Waals surface area contributed by atoms with E-state index in [4.69, 9.17) is 9.47 Å². The molecule has 2 saturated heterocycles. The van der Waals surface area contributed by atoms with Gasteiger partial charge in [0.1, 0.15) is 0 Å². The van der Waals surface area contributed by atoms with Crippen LogP contribution >= 0.6 is 0 Å². The average Bonchev–Trinajstić information content (AvgIpc) is 3.23. The van der Waals surface area contributed by atoms with Gasteiger partial charge in [-0.3, -0.25) is 0 Å². The predicted molar refractivity (Wildman–Crippen MR) is 80.2 cm³/mol. The number of halogens is 4. The third-order valence-corrected chi connectivity index (χ3v) is 3.41. The molecular formula is C15H24BF4O2Rh-. The Morgan fingerprint density at radius 2 is 0.913 bits per heavy atom. The molecule has 2 fully saturated rings. The maximum Gasteiger partial charge on any atom is 0.673 e. The summed E-state index contributed by atoms with van der Waals surface area (Å²) in [5.41, 5.74) is 0. The van der Waals surface area contributed by atoms with Crippen molar-refractivity contribution in [2.45, 2.75) is 32.1 Å². The molecule has 2 aliphatic carbocycles. The smallest absolute Gasteiger partial charge is 0.418 e. The Balaban J connectivity index is 0.000000281. The van der Waals surface area contributed by atoms with Crippen molar-refractivity contribution in [3.8, 4) is 0 Å². The predicted octanol–water partition coefficient (Wildman–Crippen LogP) is 4.64. The monoisotopic (exact) mass is 426 g/mol. The Labute approximate surface area is 148 Å². The van der Waals surface area contributed by atoms with Gasteiger partial charge in [-0.2, -0.15) is 0 Å². The molecule has 23 heavy (non-hydrogen) atoms. The molecule has 0 spiro atoms. The molecule has 0 amide bonds. The van der Waals surface area contributed by atoms with E-state index < -0.39 is 7.25 Å². The maximum absolute atomic E-state index is 9.75. The Morgan fingerprint density at radius 1 is 0.652 bits per heavy atom. The van der Waals surface area contributed by atoms with Gasteiger partial charge in [0.25, 0.3) is 0 Å². The second-order valence-electron chi connectivity index (χ2n) is 5.47. The van der Waals surface area contributed by atoms with Crippen LogP contribution in [0.1, 0.15) is 32.1 Å². The third kappa shape index (κ3) is 15.1. The van der Waals surface area contributed by atoms with Crippen molar-refractivity contribution in [1.29, 1.82) is 0 Å². The van der Waals surface area contributed by atoms with Gasteiger partial charge in [0.15, 0.2) is 0 Å². The molecule has 2 bridgehead atoms. The molecule has 0 unspecified atom stereocenters. The molecule has 2 aliphatic heterocycles. The van der Waals surface area contributed by atoms with Crippen molar-refractivity contribution < 1.29 is 46.2 Å². The van der Waals surface area contributed by atoms with Crippen LogP contribution in [0, 0.1) is 11.8 Å². The van der Waals surface area contributed by atoms with E-state index in [1.54, 1.807) is 0 Å². The van der Waals surface area contributed by atoms with Crippen LogP contribution in [-0.4, -0.2) is 33.7 Å². The Bertz CT molecular complexity index is 284. The quantitative estimate of drug-likeness (QED) is 0.320. The van der Waals surface area contributed by atoms with E-state index in [9.17, 15) is 17.3 Å². The number of ether oxygens (including phenoxy) is 2. The Morgan fingerprint density at radius 3 is 1.00 bits per heavy atom.